The zero-order valence-electron chi connectivity index (χ0n) is 13.4. The van der Waals surface area contributed by atoms with E-state index in [1.165, 1.54) is 11.8 Å². The highest BCUT2D eigenvalue weighted by Gasteiger charge is 2.15. The summed E-state index contributed by atoms with van der Waals surface area (Å²) in [7, 11) is 0. The maximum absolute atomic E-state index is 13.6. The number of fused-ring (bicyclic) bond motifs is 1. The second kappa shape index (κ2) is 6.84. The molecule has 1 N–H and O–H groups in total. The van der Waals surface area contributed by atoms with Crippen molar-refractivity contribution < 1.29 is 9.13 Å². The first kappa shape index (κ1) is 16.1. The van der Waals surface area contributed by atoms with Gasteiger partial charge in [0.1, 0.15) is 11.6 Å². The molecule has 0 atom stereocenters. The van der Waals surface area contributed by atoms with Gasteiger partial charge in [-0.25, -0.2) is 4.39 Å². The van der Waals surface area contributed by atoms with Crippen LogP contribution in [0.4, 0.5) is 10.1 Å². The molecular weight excluding hydrogens is 383 g/mol. The summed E-state index contributed by atoms with van der Waals surface area (Å²) in [5.74, 6) is 0.669. The molecule has 0 bridgehead atoms. The van der Waals surface area contributed by atoms with Gasteiger partial charge in [0.15, 0.2) is 0 Å². The average molecular weight is 399 g/mol. The van der Waals surface area contributed by atoms with Gasteiger partial charge in [0.2, 0.25) is 0 Å². The maximum Gasteiger partial charge on any atom is 0.146 e. The van der Waals surface area contributed by atoms with Crippen LogP contribution < -0.4 is 10.1 Å². The van der Waals surface area contributed by atoms with E-state index in [1.54, 1.807) is 12.3 Å². The summed E-state index contributed by atoms with van der Waals surface area (Å²) in [6.07, 6.45) is 3.78. The third kappa shape index (κ3) is 3.37. The van der Waals surface area contributed by atoms with Gasteiger partial charge >= 0.3 is 0 Å². The van der Waals surface area contributed by atoms with Crippen molar-refractivity contribution in [1.82, 2.24) is 4.98 Å². The second-order valence-corrected chi connectivity index (χ2v) is 6.79. The van der Waals surface area contributed by atoms with Crippen molar-refractivity contribution in [1.29, 1.82) is 0 Å². The van der Waals surface area contributed by atoms with Gasteiger partial charge in [-0.05, 0) is 47.0 Å². The van der Waals surface area contributed by atoms with Gasteiger partial charge in [-0.1, -0.05) is 28.1 Å². The number of hydrogen-bond acceptors (Lipinski definition) is 3. The topological polar surface area (TPSA) is 34.2 Å². The molecule has 1 aromatic heterocycles. The van der Waals surface area contributed by atoms with Crippen molar-refractivity contribution in [3.8, 4) is 16.9 Å². The highest BCUT2D eigenvalue weighted by molar-refractivity contribution is 9.10. The number of pyridine rings is 1. The number of ether oxygens (including phenoxy) is 1. The molecule has 0 amide bonds. The number of nitrogens with zero attached hydrogens (tertiary/aromatic N) is 1. The summed E-state index contributed by atoms with van der Waals surface area (Å²) < 4.78 is 20.3. The first-order chi connectivity index (χ1) is 12.2. The third-order valence-corrected chi connectivity index (χ3v) is 4.97. The fourth-order valence-electron chi connectivity index (χ4n) is 2.93. The van der Waals surface area contributed by atoms with E-state index in [4.69, 9.17) is 4.74 Å². The largest absolute Gasteiger partial charge is 0.493 e. The molecule has 0 fully saturated rings. The normalized spacial score (nSPS) is 12.6. The predicted octanol–water partition coefficient (Wildman–Crippen LogP) is 5.20. The van der Waals surface area contributed by atoms with Crippen LogP contribution >= 0.6 is 15.9 Å². The second-order valence-electron chi connectivity index (χ2n) is 5.94. The Balaban J connectivity index is 1.52. The van der Waals surface area contributed by atoms with Gasteiger partial charge in [-0.2, -0.15) is 0 Å². The van der Waals surface area contributed by atoms with Gasteiger partial charge in [0.05, 0.1) is 12.8 Å². The van der Waals surface area contributed by atoms with Gasteiger partial charge in [0, 0.05) is 34.9 Å². The quantitative estimate of drug-likeness (QED) is 0.655. The van der Waals surface area contributed by atoms with E-state index in [0.717, 1.165) is 40.1 Å². The SMILES string of the molecule is Fc1cnccc1CNc1ccc(-c2cc3c(cc2Br)CCO3)cc1. The Kier molecular flexibility index (Phi) is 4.40. The van der Waals surface area contributed by atoms with Gasteiger partial charge in [-0.3, -0.25) is 4.98 Å². The van der Waals surface area contributed by atoms with Crippen LogP contribution in [-0.4, -0.2) is 11.6 Å². The fraction of sp³-hybridized carbons (Fsp3) is 0.150. The highest BCUT2D eigenvalue weighted by Crippen LogP contribution is 2.37. The predicted molar refractivity (Wildman–Crippen MR) is 100 cm³/mol. The molecule has 0 saturated carbocycles. The Hall–Kier alpha value is -2.40. The van der Waals surface area contributed by atoms with Crippen LogP contribution in [0.2, 0.25) is 0 Å². The van der Waals surface area contributed by atoms with E-state index in [1.807, 2.05) is 24.3 Å². The molecule has 0 radical (unpaired) electrons. The van der Waals surface area contributed by atoms with Crippen LogP contribution in [0.3, 0.4) is 0 Å². The molecule has 1 aliphatic rings. The standard InChI is InChI=1S/C20H16BrFN2O/c21-18-9-14-6-8-25-20(14)10-17(18)13-1-3-16(4-2-13)24-11-15-5-7-23-12-19(15)22/h1-5,7,9-10,12,24H,6,8,11H2. The summed E-state index contributed by atoms with van der Waals surface area (Å²) >= 11 is 3.66. The number of nitrogens with one attached hydrogen (secondary N) is 1. The number of anilines is 1. The fourth-order valence-corrected chi connectivity index (χ4v) is 3.55. The Morgan fingerprint density at radius 2 is 2.00 bits per heavy atom. The lowest BCUT2D eigenvalue weighted by molar-refractivity contribution is 0.357. The molecule has 4 rings (SSSR count). The molecule has 3 aromatic rings. The molecule has 5 heteroatoms. The van der Waals surface area contributed by atoms with Crippen LogP contribution in [-0.2, 0) is 13.0 Å². The van der Waals surface area contributed by atoms with E-state index in [2.05, 4.69) is 38.4 Å². The average Bonchev–Trinajstić information content (AvgIpc) is 3.08. The summed E-state index contributed by atoms with van der Waals surface area (Å²) in [6.45, 7) is 1.17. The molecule has 0 saturated heterocycles. The molecule has 126 valence electrons. The maximum atomic E-state index is 13.6. The molecule has 0 unspecified atom stereocenters. The van der Waals surface area contributed by atoms with E-state index in [-0.39, 0.29) is 5.82 Å². The first-order valence-electron chi connectivity index (χ1n) is 8.08. The molecule has 2 aromatic carbocycles. The highest BCUT2D eigenvalue weighted by atomic mass is 79.9. The summed E-state index contributed by atoms with van der Waals surface area (Å²) in [5, 5.41) is 3.23. The minimum absolute atomic E-state index is 0.298. The molecule has 25 heavy (non-hydrogen) atoms. The van der Waals surface area contributed by atoms with E-state index >= 15 is 0 Å². The van der Waals surface area contributed by atoms with Crippen molar-refractivity contribution in [2.45, 2.75) is 13.0 Å². The number of halogens is 2. The molecular formula is C20H16BrFN2O. The van der Waals surface area contributed by atoms with Crippen molar-refractivity contribution in [3.05, 3.63) is 76.3 Å². The lowest BCUT2D eigenvalue weighted by atomic mass is 10.0. The summed E-state index contributed by atoms with van der Waals surface area (Å²) in [4.78, 5) is 3.76. The van der Waals surface area contributed by atoms with Crippen LogP contribution in [0.15, 0.2) is 59.3 Å². The summed E-state index contributed by atoms with van der Waals surface area (Å²) in [5.41, 5.74) is 4.98. The lowest BCUT2D eigenvalue weighted by Crippen LogP contribution is -2.01. The minimum atomic E-state index is -0.298. The van der Waals surface area contributed by atoms with E-state index in [0.29, 0.717) is 12.1 Å². The first-order valence-corrected chi connectivity index (χ1v) is 8.88. The van der Waals surface area contributed by atoms with Gasteiger partial charge in [-0.15, -0.1) is 0 Å². The summed E-state index contributed by atoms with van der Waals surface area (Å²) in [6, 6.07) is 14.0. The van der Waals surface area contributed by atoms with E-state index < -0.39 is 0 Å². The smallest absolute Gasteiger partial charge is 0.146 e. The Morgan fingerprint density at radius 3 is 2.80 bits per heavy atom. The zero-order valence-corrected chi connectivity index (χ0v) is 15.0. The molecule has 0 aliphatic carbocycles. The van der Waals surface area contributed by atoms with Crippen molar-refractivity contribution in [3.63, 3.8) is 0 Å². The van der Waals surface area contributed by atoms with Crippen LogP contribution in [0.1, 0.15) is 11.1 Å². The number of aromatic nitrogens is 1. The van der Waals surface area contributed by atoms with E-state index in [9.17, 15) is 4.39 Å². The van der Waals surface area contributed by atoms with Gasteiger partial charge < -0.3 is 10.1 Å². The van der Waals surface area contributed by atoms with Gasteiger partial charge in [0.25, 0.3) is 0 Å². The molecule has 1 aliphatic heterocycles. The van der Waals surface area contributed by atoms with Crippen molar-refractivity contribution in [2.24, 2.45) is 0 Å². The molecule has 0 spiro atoms. The van der Waals surface area contributed by atoms with Crippen LogP contribution in [0, 0.1) is 5.82 Å². The Morgan fingerprint density at radius 1 is 1.16 bits per heavy atom. The molecule has 2 heterocycles. The monoisotopic (exact) mass is 398 g/mol. The van der Waals surface area contributed by atoms with Crippen molar-refractivity contribution >= 4 is 21.6 Å². The zero-order chi connectivity index (χ0) is 17.2. The number of hydrogen-bond donors (Lipinski definition) is 1. The van der Waals surface area contributed by atoms with Crippen LogP contribution in [0.25, 0.3) is 11.1 Å². The van der Waals surface area contributed by atoms with Crippen LogP contribution in [0.5, 0.6) is 5.75 Å². The third-order valence-electron chi connectivity index (χ3n) is 4.31. The molecule has 3 nitrogen and oxygen atoms in total. The minimum Gasteiger partial charge on any atom is -0.493 e. The Labute approximate surface area is 154 Å². The lowest BCUT2D eigenvalue weighted by Gasteiger charge is -2.10. The Bertz CT molecular complexity index is 912. The number of benzene rings is 2. The number of rotatable bonds is 4. The van der Waals surface area contributed by atoms with Crippen molar-refractivity contribution in [2.75, 3.05) is 11.9 Å².